The average Bonchev–Trinajstić information content (AvgIpc) is 2.92. The Labute approximate surface area is 125 Å². The molecule has 1 fully saturated rings. The normalized spacial score (nSPS) is 19.6. The molecule has 0 radical (unpaired) electrons. The zero-order valence-electron chi connectivity index (χ0n) is 11.9. The number of carbonyl (C=O) groups excluding carboxylic acids is 1. The van der Waals surface area contributed by atoms with Gasteiger partial charge in [0.05, 0.1) is 11.7 Å². The highest BCUT2D eigenvalue weighted by molar-refractivity contribution is 5.97. The van der Waals surface area contributed by atoms with Gasteiger partial charge in [-0.05, 0) is 37.0 Å². The van der Waals surface area contributed by atoms with Crippen LogP contribution in [-0.4, -0.2) is 40.3 Å². The number of amides is 1. The van der Waals surface area contributed by atoms with E-state index in [9.17, 15) is 18.0 Å². The van der Waals surface area contributed by atoms with E-state index in [-0.39, 0.29) is 12.5 Å². The first kappa shape index (κ1) is 14.9. The van der Waals surface area contributed by atoms with Crippen LogP contribution >= 0.6 is 0 Å². The molecule has 2 heterocycles. The first-order chi connectivity index (χ1) is 10.4. The van der Waals surface area contributed by atoms with Crippen LogP contribution in [0.3, 0.4) is 0 Å². The second-order valence-corrected chi connectivity index (χ2v) is 5.75. The van der Waals surface area contributed by atoms with E-state index < -0.39 is 18.5 Å². The lowest BCUT2D eigenvalue weighted by Crippen LogP contribution is -2.41. The third kappa shape index (κ3) is 3.23. The van der Waals surface area contributed by atoms with E-state index in [4.69, 9.17) is 0 Å². The molecule has 3 rings (SSSR count). The van der Waals surface area contributed by atoms with Crippen molar-refractivity contribution < 1.29 is 18.0 Å². The number of hydrogen-bond donors (Lipinski definition) is 1. The van der Waals surface area contributed by atoms with Crippen LogP contribution in [0.25, 0.3) is 10.9 Å². The number of benzene rings is 1. The van der Waals surface area contributed by atoms with Crippen molar-refractivity contribution in [1.82, 2.24) is 15.1 Å². The molecule has 0 saturated carbocycles. The lowest BCUT2D eigenvalue weighted by Gasteiger charge is -2.33. The Balaban J connectivity index is 1.73. The number of aromatic amines is 1. The third-order valence-corrected chi connectivity index (χ3v) is 4.01. The number of aromatic nitrogens is 2. The van der Waals surface area contributed by atoms with Gasteiger partial charge in [-0.25, -0.2) is 0 Å². The van der Waals surface area contributed by atoms with Crippen LogP contribution in [0, 0.1) is 5.92 Å². The molecule has 4 nitrogen and oxygen atoms in total. The van der Waals surface area contributed by atoms with Crippen molar-refractivity contribution in [1.29, 1.82) is 0 Å². The van der Waals surface area contributed by atoms with Gasteiger partial charge in [0, 0.05) is 30.5 Å². The number of alkyl halides is 3. The van der Waals surface area contributed by atoms with Crippen LogP contribution in [0.1, 0.15) is 29.6 Å². The van der Waals surface area contributed by atoms with Gasteiger partial charge in [0.15, 0.2) is 0 Å². The molecule has 1 unspecified atom stereocenters. The molecule has 118 valence electrons. The first-order valence-corrected chi connectivity index (χ1v) is 7.21. The molecule has 1 aliphatic heterocycles. The minimum absolute atomic E-state index is 0.168. The number of fused-ring (bicyclic) bond motifs is 1. The van der Waals surface area contributed by atoms with E-state index in [1.807, 2.05) is 0 Å². The average molecular weight is 311 g/mol. The van der Waals surface area contributed by atoms with Crippen molar-refractivity contribution in [3.8, 4) is 0 Å². The Bertz CT molecular complexity index is 680. The van der Waals surface area contributed by atoms with Crippen molar-refractivity contribution in [3.05, 3.63) is 30.0 Å². The van der Waals surface area contributed by atoms with E-state index in [0.29, 0.717) is 24.9 Å². The Morgan fingerprint density at radius 2 is 2.23 bits per heavy atom. The Morgan fingerprint density at radius 1 is 1.41 bits per heavy atom. The van der Waals surface area contributed by atoms with E-state index in [2.05, 4.69) is 10.2 Å². The van der Waals surface area contributed by atoms with Crippen molar-refractivity contribution in [2.45, 2.75) is 25.4 Å². The maximum absolute atomic E-state index is 12.5. The molecule has 1 N–H and O–H groups in total. The Morgan fingerprint density at radius 3 is 3.00 bits per heavy atom. The number of likely N-dealkylation sites (tertiary alicyclic amines) is 1. The summed E-state index contributed by atoms with van der Waals surface area (Å²) in [6.07, 6.45) is -2.25. The van der Waals surface area contributed by atoms with Gasteiger partial charge in [-0.15, -0.1) is 0 Å². The van der Waals surface area contributed by atoms with Crippen molar-refractivity contribution in [3.63, 3.8) is 0 Å². The molecule has 1 aromatic carbocycles. The van der Waals surface area contributed by atoms with Crippen molar-refractivity contribution in [2.24, 2.45) is 5.92 Å². The number of H-pyrrole nitrogens is 1. The maximum atomic E-state index is 12.5. The predicted octanol–water partition coefficient (Wildman–Crippen LogP) is 3.37. The molecule has 0 bridgehead atoms. The van der Waals surface area contributed by atoms with Crippen LogP contribution in [0.15, 0.2) is 24.4 Å². The highest BCUT2D eigenvalue weighted by Crippen LogP contribution is 2.30. The fourth-order valence-corrected chi connectivity index (χ4v) is 3.00. The lowest BCUT2D eigenvalue weighted by molar-refractivity contribution is -0.147. The summed E-state index contributed by atoms with van der Waals surface area (Å²) in [4.78, 5) is 14.0. The van der Waals surface area contributed by atoms with E-state index in [0.717, 1.165) is 10.9 Å². The summed E-state index contributed by atoms with van der Waals surface area (Å²) in [7, 11) is 0. The predicted molar refractivity (Wildman–Crippen MR) is 75.4 cm³/mol. The number of rotatable bonds is 2. The van der Waals surface area contributed by atoms with Gasteiger partial charge < -0.3 is 4.90 Å². The number of nitrogens with zero attached hydrogens (tertiary/aromatic N) is 2. The summed E-state index contributed by atoms with van der Waals surface area (Å²) in [5, 5.41) is 7.50. The highest BCUT2D eigenvalue weighted by Gasteiger charge is 2.35. The summed E-state index contributed by atoms with van der Waals surface area (Å²) in [6, 6.07) is 5.15. The van der Waals surface area contributed by atoms with E-state index in [1.54, 1.807) is 24.4 Å². The van der Waals surface area contributed by atoms with E-state index in [1.165, 1.54) is 4.90 Å². The molecule has 22 heavy (non-hydrogen) atoms. The lowest BCUT2D eigenvalue weighted by atomic mass is 9.94. The van der Waals surface area contributed by atoms with Gasteiger partial charge in [0.1, 0.15) is 0 Å². The number of hydrogen-bond acceptors (Lipinski definition) is 2. The quantitative estimate of drug-likeness (QED) is 0.924. The van der Waals surface area contributed by atoms with Gasteiger partial charge in [-0.1, -0.05) is 0 Å². The number of piperidine rings is 1. The second-order valence-electron chi connectivity index (χ2n) is 5.75. The SMILES string of the molecule is O=C(c1ccc2[nH]ncc2c1)N1CCCC(CC(F)(F)F)C1. The van der Waals surface area contributed by atoms with Crippen LogP contribution in [0.5, 0.6) is 0 Å². The zero-order chi connectivity index (χ0) is 15.7. The van der Waals surface area contributed by atoms with Crippen molar-refractivity contribution in [2.75, 3.05) is 13.1 Å². The molecule has 1 aliphatic rings. The standard InChI is InChI=1S/C15H16F3N3O/c16-15(17,18)7-10-2-1-5-21(9-10)14(22)11-3-4-13-12(6-11)8-19-20-13/h3-4,6,8,10H,1-2,5,7,9H2,(H,19,20). The maximum Gasteiger partial charge on any atom is 0.389 e. The topological polar surface area (TPSA) is 49.0 Å². The summed E-state index contributed by atoms with van der Waals surface area (Å²) in [5.74, 6) is -0.717. The van der Waals surface area contributed by atoms with Gasteiger partial charge in [0.2, 0.25) is 0 Å². The largest absolute Gasteiger partial charge is 0.389 e. The van der Waals surface area contributed by atoms with Crippen LogP contribution in [-0.2, 0) is 0 Å². The summed E-state index contributed by atoms with van der Waals surface area (Å²) in [6.45, 7) is 0.679. The summed E-state index contributed by atoms with van der Waals surface area (Å²) in [5.41, 5.74) is 1.31. The molecular weight excluding hydrogens is 295 g/mol. The minimum atomic E-state index is -4.17. The number of nitrogens with one attached hydrogen (secondary N) is 1. The monoisotopic (exact) mass is 311 g/mol. The Hall–Kier alpha value is -2.05. The van der Waals surface area contributed by atoms with Crippen LogP contribution < -0.4 is 0 Å². The molecule has 0 spiro atoms. The second kappa shape index (κ2) is 5.62. The molecule has 1 amide bonds. The fourth-order valence-electron chi connectivity index (χ4n) is 3.00. The van der Waals surface area contributed by atoms with Gasteiger partial charge in [-0.2, -0.15) is 18.3 Å². The van der Waals surface area contributed by atoms with Crippen LogP contribution in [0.2, 0.25) is 0 Å². The smallest absolute Gasteiger partial charge is 0.338 e. The highest BCUT2D eigenvalue weighted by atomic mass is 19.4. The summed E-state index contributed by atoms with van der Waals surface area (Å²) >= 11 is 0. The van der Waals surface area contributed by atoms with Gasteiger partial charge >= 0.3 is 6.18 Å². The fraction of sp³-hybridized carbons (Fsp3) is 0.467. The van der Waals surface area contributed by atoms with Gasteiger partial charge in [-0.3, -0.25) is 9.89 Å². The van der Waals surface area contributed by atoms with Crippen molar-refractivity contribution >= 4 is 16.8 Å². The molecule has 0 aliphatic carbocycles. The Kier molecular flexibility index (Phi) is 3.80. The number of halogens is 3. The third-order valence-electron chi connectivity index (χ3n) is 4.01. The molecule has 1 aromatic heterocycles. The minimum Gasteiger partial charge on any atom is -0.338 e. The first-order valence-electron chi connectivity index (χ1n) is 7.21. The molecule has 2 aromatic rings. The molecule has 7 heteroatoms. The zero-order valence-corrected chi connectivity index (χ0v) is 11.9. The number of carbonyl (C=O) groups is 1. The van der Waals surface area contributed by atoms with Crippen LogP contribution in [0.4, 0.5) is 13.2 Å². The molecular formula is C15H16F3N3O. The summed E-state index contributed by atoms with van der Waals surface area (Å²) < 4.78 is 37.5. The molecule has 1 saturated heterocycles. The molecule has 1 atom stereocenters. The van der Waals surface area contributed by atoms with E-state index >= 15 is 0 Å². The van der Waals surface area contributed by atoms with Gasteiger partial charge in [0.25, 0.3) is 5.91 Å².